The van der Waals surface area contributed by atoms with Crippen LogP contribution in [0.4, 0.5) is 5.82 Å². The summed E-state index contributed by atoms with van der Waals surface area (Å²) in [7, 11) is -17.4. The molecule has 26 heteroatoms. The van der Waals surface area contributed by atoms with Gasteiger partial charge in [-0.3, -0.25) is 18.2 Å². The summed E-state index contributed by atoms with van der Waals surface area (Å²) in [5, 5.41) is 20.4. The van der Waals surface area contributed by atoms with E-state index in [0.29, 0.717) is 0 Å². The largest absolute Gasteiger partial charge is 0.756 e. The Kier molecular flexibility index (Phi) is 17.5. The van der Waals surface area contributed by atoms with Crippen LogP contribution in [-0.2, 0) is 31.6 Å². The van der Waals surface area contributed by atoms with E-state index < -0.39 is 54.6 Å². The van der Waals surface area contributed by atoms with Crippen LogP contribution in [0.3, 0.4) is 0 Å². The van der Waals surface area contributed by atoms with Gasteiger partial charge in [0.05, 0.1) is 12.9 Å². The van der Waals surface area contributed by atoms with Crippen molar-refractivity contribution >= 4 is 99.6 Å². The number of imidazole rings is 1. The molecule has 7 atom stereocenters. The number of nitrogens with zero attached hydrogens (tertiary/aromatic N) is 4. The summed E-state index contributed by atoms with van der Waals surface area (Å²) in [6, 6.07) is 0. The molecule has 200 valence electrons. The van der Waals surface area contributed by atoms with E-state index in [-0.39, 0.29) is 92.5 Å². The zero-order chi connectivity index (χ0) is 23.2. The molecule has 0 amide bonds. The second kappa shape index (κ2) is 15.3. The molecule has 3 heterocycles. The molecule has 12 N–H and O–H groups in total. The minimum absolute atomic E-state index is 0. The average molecular weight is 605 g/mol. The van der Waals surface area contributed by atoms with Gasteiger partial charge in [-0.25, -0.2) is 28.1 Å². The fraction of sp³-hybridized carbons (Fsp3) is 0.500. The molecule has 0 spiro atoms. The molecule has 36 heavy (non-hydrogen) atoms. The monoisotopic (exact) mass is 605 g/mol. The minimum atomic E-state index is -6.01. The second-order valence-corrected chi connectivity index (χ2v) is 10.3. The average Bonchev–Trinajstić information content (AvgIpc) is 3.13. The van der Waals surface area contributed by atoms with E-state index in [2.05, 4.69) is 28.1 Å². The predicted octanol–water partition coefficient (Wildman–Crippen LogP) is -6.13. The topological polar surface area (TPSA) is 379 Å². The first-order valence-corrected chi connectivity index (χ1v) is 12.3. The number of hydrogen-bond donors (Lipinski definition) is 5. The number of aliphatic hydroxyl groups is 2. The van der Waals surface area contributed by atoms with E-state index in [1.807, 2.05) is 0 Å². The van der Waals surface area contributed by atoms with Crippen LogP contribution in [0.2, 0.25) is 0 Å². The Bertz CT molecular complexity index is 1120. The van der Waals surface area contributed by atoms with Crippen LogP contribution in [0.15, 0.2) is 12.7 Å². The third-order valence-corrected chi connectivity index (χ3v) is 7.53. The number of anilines is 1. The fourth-order valence-corrected chi connectivity index (χ4v) is 5.55. The number of nitrogen functional groups attached to an aromatic ring is 1. The zero-order valence-corrected chi connectivity index (χ0v) is 25.0. The van der Waals surface area contributed by atoms with Crippen molar-refractivity contribution in [3.05, 3.63) is 12.7 Å². The molecule has 1 aliphatic rings. The number of phosphoric ester groups is 1. The van der Waals surface area contributed by atoms with E-state index in [0.717, 1.165) is 6.33 Å². The second-order valence-electron chi connectivity index (χ2n) is 5.97. The van der Waals surface area contributed by atoms with Gasteiger partial charge in [0.2, 0.25) is 0 Å². The maximum absolute atomic E-state index is 11.7. The Labute approximate surface area is 244 Å². The standard InChI is InChI=1S/C10H16N5O13P3.2Na.3H2O/c11-8-5-9(13-2-12-8)15(3-14-5)10-7(17)6(16)4(26-10)1-25-30(21,22)28-31(23,24)27-29(18,19)20;;;;;/h2-4,6-7,10,16-17H,1H2,(H,21,22)(H,23,24)(H2,11,12,13)(H2,18,19,20);;;3*1H2/p-2/t4-,6-,7-,10-;;;;;/m1...../s1. The number of phosphoric acid groups is 3. The Morgan fingerprint density at radius 3 is 2.17 bits per heavy atom. The van der Waals surface area contributed by atoms with Gasteiger partial charge in [0, 0.05) is 59.1 Å². The van der Waals surface area contributed by atoms with E-state index in [4.69, 9.17) is 15.4 Å². The Morgan fingerprint density at radius 2 is 1.61 bits per heavy atom. The van der Waals surface area contributed by atoms with Crippen LogP contribution in [0, 0.1) is 0 Å². The van der Waals surface area contributed by atoms with Crippen molar-refractivity contribution in [2.24, 2.45) is 0 Å². The quantitative estimate of drug-likeness (QED) is 0.138. The number of aliphatic hydroxyl groups excluding tert-OH is 2. The molecule has 0 saturated carbocycles. The van der Waals surface area contributed by atoms with Crippen molar-refractivity contribution < 1.29 is 77.8 Å². The summed E-state index contributed by atoms with van der Waals surface area (Å²) in [6.07, 6.45) is -3.81. The SMILES string of the molecule is Nc1ncnc2c1ncn2[C@@H]1O[C@H](COP(=O)(O)OP(=O)([O-])OP(=O)([O-])O)[C@@H](O)[C@H]1O.O.O.O.[Na].[Na]. The molecule has 0 aromatic carbocycles. The summed E-state index contributed by atoms with van der Waals surface area (Å²) in [5.41, 5.74) is 5.97. The predicted molar refractivity (Wildman–Crippen MR) is 113 cm³/mol. The van der Waals surface area contributed by atoms with E-state index in [1.165, 1.54) is 10.9 Å². The van der Waals surface area contributed by atoms with Gasteiger partial charge >= 0.3 is 7.82 Å². The van der Waals surface area contributed by atoms with Gasteiger partial charge < -0.3 is 56.7 Å². The van der Waals surface area contributed by atoms with Crippen LogP contribution < -0.4 is 15.5 Å². The number of rotatable bonds is 8. The molecule has 2 aromatic heterocycles. The number of hydrogen-bond acceptors (Lipinski definition) is 15. The smallest absolute Gasteiger partial charge is 0.478 e. The molecule has 21 nitrogen and oxygen atoms in total. The van der Waals surface area contributed by atoms with Crippen LogP contribution in [0.25, 0.3) is 11.2 Å². The van der Waals surface area contributed by atoms with E-state index >= 15 is 0 Å². The Balaban J connectivity index is -0.00000218. The van der Waals surface area contributed by atoms with Crippen molar-refractivity contribution in [3.8, 4) is 0 Å². The van der Waals surface area contributed by atoms with Crippen molar-refractivity contribution in [2.45, 2.75) is 24.5 Å². The number of aromatic nitrogens is 4. The van der Waals surface area contributed by atoms with Crippen LogP contribution in [0.5, 0.6) is 0 Å². The first-order chi connectivity index (χ1) is 14.2. The molecule has 0 bridgehead atoms. The summed E-state index contributed by atoms with van der Waals surface area (Å²) in [6.45, 7) is -1.000. The van der Waals surface area contributed by atoms with Gasteiger partial charge in [0.25, 0.3) is 15.6 Å². The third-order valence-electron chi connectivity index (χ3n) is 3.81. The Morgan fingerprint density at radius 1 is 1.03 bits per heavy atom. The van der Waals surface area contributed by atoms with E-state index in [9.17, 15) is 38.6 Å². The normalized spacial score (nSPS) is 25.8. The molecule has 0 aliphatic carbocycles. The van der Waals surface area contributed by atoms with Gasteiger partial charge in [-0.15, -0.1) is 0 Å². The Hall–Kier alpha value is 0.520. The van der Waals surface area contributed by atoms with Crippen molar-refractivity contribution in [3.63, 3.8) is 0 Å². The van der Waals surface area contributed by atoms with Crippen molar-refractivity contribution in [1.82, 2.24) is 19.5 Å². The van der Waals surface area contributed by atoms with Gasteiger partial charge in [-0.05, 0) is 0 Å². The van der Waals surface area contributed by atoms with Crippen molar-refractivity contribution in [1.29, 1.82) is 0 Å². The molecule has 1 fully saturated rings. The van der Waals surface area contributed by atoms with Crippen LogP contribution >= 0.6 is 23.5 Å². The summed E-state index contributed by atoms with van der Waals surface area (Å²) in [4.78, 5) is 51.0. The number of fused-ring (bicyclic) bond motifs is 1. The minimum Gasteiger partial charge on any atom is -0.756 e. The maximum atomic E-state index is 11.7. The fourth-order valence-electron chi connectivity index (χ4n) is 2.61. The summed E-state index contributed by atoms with van der Waals surface area (Å²) < 4.78 is 51.0. The van der Waals surface area contributed by atoms with E-state index in [1.54, 1.807) is 0 Å². The first-order valence-electron chi connectivity index (χ1n) is 7.88. The molecule has 2 aromatic rings. The summed E-state index contributed by atoms with van der Waals surface area (Å²) >= 11 is 0. The summed E-state index contributed by atoms with van der Waals surface area (Å²) in [5.74, 6) is 0.0322. The molecular weight excluding hydrogens is 585 g/mol. The molecule has 3 rings (SSSR count). The maximum Gasteiger partial charge on any atom is 0.478 e. The van der Waals surface area contributed by atoms with Gasteiger partial charge in [-0.1, -0.05) is 0 Å². The molecule has 3 unspecified atom stereocenters. The van der Waals surface area contributed by atoms with Gasteiger partial charge in [0.15, 0.2) is 17.7 Å². The van der Waals surface area contributed by atoms with Crippen molar-refractivity contribution in [2.75, 3.05) is 12.3 Å². The number of nitrogens with two attached hydrogens (primary N) is 1. The third kappa shape index (κ3) is 10.2. The van der Waals surface area contributed by atoms with Crippen LogP contribution in [-0.4, -0.2) is 140 Å². The van der Waals surface area contributed by atoms with Gasteiger partial charge in [-0.2, -0.15) is 0 Å². The van der Waals surface area contributed by atoms with Crippen LogP contribution in [0.1, 0.15) is 6.23 Å². The first kappa shape index (κ1) is 41.0. The zero-order valence-electron chi connectivity index (χ0n) is 18.3. The molecule has 2 radical (unpaired) electrons. The van der Waals surface area contributed by atoms with Gasteiger partial charge in [0.1, 0.15) is 30.2 Å². The molecular formula is C10H20N5Na2O16P3-2. The number of ether oxygens (including phenoxy) is 1. The molecule has 1 aliphatic heterocycles. The molecule has 1 saturated heterocycles.